The molecule has 1 fully saturated rings. The van der Waals surface area contributed by atoms with Gasteiger partial charge < -0.3 is 14.9 Å². The molecule has 0 aromatic heterocycles. The molecule has 5 nitrogen and oxygen atoms in total. The number of hydrogen-bond acceptors (Lipinski definition) is 5. The fourth-order valence-corrected chi connectivity index (χ4v) is 3.26. The Labute approximate surface area is 133 Å². The van der Waals surface area contributed by atoms with Crippen LogP contribution in [-0.4, -0.2) is 65.4 Å². The van der Waals surface area contributed by atoms with Crippen molar-refractivity contribution in [2.24, 2.45) is 0 Å². The van der Waals surface area contributed by atoms with Crippen molar-refractivity contribution in [1.82, 2.24) is 9.80 Å². The van der Waals surface area contributed by atoms with Crippen LogP contribution in [0.3, 0.4) is 0 Å². The Kier molecular flexibility index (Phi) is 6.06. The SMILES string of the molecule is COc1cccc(CN2CCN(C(C)C)C(CCO)C2)c1O. The monoisotopic (exact) mass is 308 g/mol. The lowest BCUT2D eigenvalue weighted by atomic mass is 10.1. The summed E-state index contributed by atoms with van der Waals surface area (Å²) >= 11 is 0. The second kappa shape index (κ2) is 7.81. The number of para-hydroxylation sites is 1. The molecule has 1 atom stereocenters. The highest BCUT2D eigenvalue weighted by atomic mass is 16.5. The Morgan fingerprint density at radius 1 is 1.32 bits per heavy atom. The molecular formula is C17H28N2O3. The van der Waals surface area contributed by atoms with Gasteiger partial charge in [0.1, 0.15) is 0 Å². The Morgan fingerprint density at radius 3 is 2.73 bits per heavy atom. The molecule has 1 aromatic carbocycles. The van der Waals surface area contributed by atoms with Gasteiger partial charge in [0, 0.05) is 50.4 Å². The fourth-order valence-electron chi connectivity index (χ4n) is 3.26. The van der Waals surface area contributed by atoms with E-state index >= 15 is 0 Å². The van der Waals surface area contributed by atoms with Crippen LogP contribution < -0.4 is 4.74 Å². The van der Waals surface area contributed by atoms with Gasteiger partial charge in [0.25, 0.3) is 0 Å². The molecule has 1 heterocycles. The summed E-state index contributed by atoms with van der Waals surface area (Å²) in [6.07, 6.45) is 0.790. The van der Waals surface area contributed by atoms with Crippen molar-refractivity contribution >= 4 is 0 Å². The van der Waals surface area contributed by atoms with E-state index in [1.54, 1.807) is 13.2 Å². The number of aromatic hydroxyl groups is 1. The molecule has 0 amide bonds. The van der Waals surface area contributed by atoms with E-state index in [-0.39, 0.29) is 12.4 Å². The first kappa shape index (κ1) is 17.1. The minimum Gasteiger partial charge on any atom is -0.504 e. The molecular weight excluding hydrogens is 280 g/mol. The van der Waals surface area contributed by atoms with Crippen molar-refractivity contribution in [3.05, 3.63) is 23.8 Å². The topological polar surface area (TPSA) is 56.2 Å². The van der Waals surface area contributed by atoms with E-state index < -0.39 is 0 Å². The van der Waals surface area contributed by atoms with Gasteiger partial charge in [0.15, 0.2) is 11.5 Å². The van der Waals surface area contributed by atoms with Crippen molar-refractivity contribution in [2.75, 3.05) is 33.4 Å². The predicted molar refractivity (Wildman–Crippen MR) is 87.3 cm³/mol. The Morgan fingerprint density at radius 2 is 2.09 bits per heavy atom. The third kappa shape index (κ3) is 3.91. The number of ether oxygens (including phenoxy) is 1. The third-order valence-electron chi connectivity index (χ3n) is 4.43. The van der Waals surface area contributed by atoms with Crippen LogP contribution >= 0.6 is 0 Å². The number of phenolic OH excluding ortho intramolecular Hbond substituents is 1. The maximum absolute atomic E-state index is 10.2. The molecule has 22 heavy (non-hydrogen) atoms. The molecule has 0 spiro atoms. The summed E-state index contributed by atoms with van der Waals surface area (Å²) < 4.78 is 5.17. The predicted octanol–water partition coefficient (Wildman–Crippen LogP) is 1.68. The number of methoxy groups -OCH3 is 1. The van der Waals surface area contributed by atoms with Crippen LogP contribution in [0, 0.1) is 0 Å². The van der Waals surface area contributed by atoms with Crippen LogP contribution in [-0.2, 0) is 6.54 Å². The molecule has 1 aliphatic rings. The van der Waals surface area contributed by atoms with Crippen LogP contribution in [0.2, 0.25) is 0 Å². The van der Waals surface area contributed by atoms with Crippen LogP contribution in [0.15, 0.2) is 18.2 Å². The lowest BCUT2D eigenvalue weighted by Gasteiger charge is -2.43. The Bertz CT molecular complexity index is 479. The zero-order valence-electron chi connectivity index (χ0n) is 13.8. The second-order valence-electron chi connectivity index (χ2n) is 6.20. The molecule has 0 saturated carbocycles. The number of aliphatic hydroxyl groups is 1. The minimum absolute atomic E-state index is 0.214. The van der Waals surface area contributed by atoms with Gasteiger partial charge in [0.05, 0.1) is 7.11 Å². The summed E-state index contributed by atoms with van der Waals surface area (Å²) in [7, 11) is 1.57. The Balaban J connectivity index is 2.05. The minimum atomic E-state index is 0.214. The van der Waals surface area contributed by atoms with E-state index in [0.717, 1.165) is 31.6 Å². The highest BCUT2D eigenvalue weighted by Gasteiger charge is 2.28. The average Bonchev–Trinajstić information content (AvgIpc) is 2.50. The van der Waals surface area contributed by atoms with Crippen molar-refractivity contribution in [3.63, 3.8) is 0 Å². The van der Waals surface area contributed by atoms with E-state index in [0.29, 0.717) is 24.4 Å². The number of hydrogen-bond donors (Lipinski definition) is 2. The molecule has 5 heteroatoms. The number of rotatable bonds is 6. The first-order valence-corrected chi connectivity index (χ1v) is 8.00. The third-order valence-corrected chi connectivity index (χ3v) is 4.43. The van der Waals surface area contributed by atoms with E-state index in [1.807, 2.05) is 12.1 Å². The number of aliphatic hydroxyl groups excluding tert-OH is 1. The van der Waals surface area contributed by atoms with Crippen molar-refractivity contribution in [1.29, 1.82) is 0 Å². The summed E-state index contributed by atoms with van der Waals surface area (Å²) in [6.45, 7) is 8.20. The first-order chi connectivity index (χ1) is 10.6. The fraction of sp³-hybridized carbons (Fsp3) is 0.647. The van der Waals surface area contributed by atoms with Crippen LogP contribution in [0.4, 0.5) is 0 Å². The molecule has 2 rings (SSSR count). The average molecular weight is 308 g/mol. The van der Waals surface area contributed by atoms with E-state index in [1.165, 1.54) is 0 Å². The number of nitrogens with zero attached hydrogens (tertiary/aromatic N) is 2. The van der Waals surface area contributed by atoms with Gasteiger partial charge in [-0.15, -0.1) is 0 Å². The Hall–Kier alpha value is -1.30. The molecule has 1 unspecified atom stereocenters. The van der Waals surface area contributed by atoms with Crippen molar-refractivity contribution in [2.45, 2.75) is 38.9 Å². The first-order valence-electron chi connectivity index (χ1n) is 8.00. The number of piperazine rings is 1. The standard InChI is InChI=1S/C17H28N2O3/c1-13(2)19-9-8-18(12-15(19)7-10-20)11-14-5-4-6-16(22-3)17(14)21/h4-6,13,15,20-21H,7-12H2,1-3H3. The largest absolute Gasteiger partial charge is 0.504 e. The molecule has 1 aromatic rings. The summed E-state index contributed by atoms with van der Waals surface area (Å²) in [6, 6.07) is 6.47. The highest BCUT2D eigenvalue weighted by molar-refractivity contribution is 5.45. The van der Waals surface area contributed by atoms with Crippen LogP contribution in [0.5, 0.6) is 11.5 Å². The number of benzene rings is 1. The van der Waals surface area contributed by atoms with E-state index in [4.69, 9.17) is 4.74 Å². The van der Waals surface area contributed by atoms with Gasteiger partial charge in [-0.05, 0) is 26.3 Å². The maximum atomic E-state index is 10.2. The summed E-state index contributed by atoms with van der Waals surface area (Å²) in [5.74, 6) is 0.750. The van der Waals surface area contributed by atoms with Gasteiger partial charge in [-0.3, -0.25) is 9.80 Å². The molecule has 1 aliphatic heterocycles. The van der Waals surface area contributed by atoms with Gasteiger partial charge in [-0.25, -0.2) is 0 Å². The van der Waals surface area contributed by atoms with Crippen molar-refractivity contribution in [3.8, 4) is 11.5 Å². The van der Waals surface area contributed by atoms with E-state index in [9.17, 15) is 10.2 Å². The lowest BCUT2D eigenvalue weighted by molar-refractivity contribution is 0.0346. The summed E-state index contributed by atoms with van der Waals surface area (Å²) in [4.78, 5) is 4.80. The summed E-state index contributed by atoms with van der Waals surface area (Å²) in [5.41, 5.74) is 0.889. The number of phenols is 1. The van der Waals surface area contributed by atoms with Gasteiger partial charge in [-0.1, -0.05) is 12.1 Å². The zero-order chi connectivity index (χ0) is 16.1. The van der Waals surface area contributed by atoms with Crippen LogP contribution in [0.1, 0.15) is 25.8 Å². The molecule has 1 saturated heterocycles. The lowest BCUT2D eigenvalue weighted by Crippen LogP contribution is -2.55. The summed E-state index contributed by atoms with van der Waals surface area (Å²) in [5, 5.41) is 19.5. The molecule has 2 N–H and O–H groups in total. The van der Waals surface area contributed by atoms with E-state index in [2.05, 4.69) is 23.6 Å². The molecule has 0 aliphatic carbocycles. The van der Waals surface area contributed by atoms with Gasteiger partial charge >= 0.3 is 0 Å². The maximum Gasteiger partial charge on any atom is 0.162 e. The second-order valence-corrected chi connectivity index (χ2v) is 6.20. The van der Waals surface area contributed by atoms with Crippen molar-refractivity contribution < 1.29 is 14.9 Å². The zero-order valence-corrected chi connectivity index (χ0v) is 13.8. The molecule has 124 valence electrons. The van der Waals surface area contributed by atoms with Gasteiger partial charge in [-0.2, -0.15) is 0 Å². The highest BCUT2D eigenvalue weighted by Crippen LogP contribution is 2.30. The molecule has 0 bridgehead atoms. The molecule has 0 radical (unpaired) electrons. The quantitative estimate of drug-likeness (QED) is 0.837. The smallest absolute Gasteiger partial charge is 0.162 e. The normalized spacial score (nSPS) is 20.5. The van der Waals surface area contributed by atoms with Crippen LogP contribution in [0.25, 0.3) is 0 Å². The van der Waals surface area contributed by atoms with Gasteiger partial charge in [0.2, 0.25) is 0 Å².